The second-order valence-electron chi connectivity index (χ2n) is 6.01. The van der Waals surface area contributed by atoms with Gasteiger partial charge in [0, 0.05) is 18.7 Å². The van der Waals surface area contributed by atoms with Gasteiger partial charge in [0.15, 0.2) is 0 Å². The van der Waals surface area contributed by atoms with Crippen molar-refractivity contribution >= 4 is 23.5 Å². The Morgan fingerprint density at radius 2 is 2.09 bits per heavy atom. The molecule has 1 heterocycles. The maximum absolute atomic E-state index is 12.2. The maximum Gasteiger partial charge on any atom is 0.325 e. The normalized spacial score (nSPS) is 19.6. The Bertz CT molecular complexity index is 656. The summed E-state index contributed by atoms with van der Waals surface area (Å²) in [6.07, 6.45) is 3.48. The molecule has 3 rings (SSSR count). The van der Waals surface area contributed by atoms with E-state index in [9.17, 15) is 14.4 Å². The topological polar surface area (TPSA) is 75.7 Å². The van der Waals surface area contributed by atoms with E-state index in [0.29, 0.717) is 6.54 Å². The summed E-state index contributed by atoms with van der Waals surface area (Å²) >= 11 is 0. The first kappa shape index (κ1) is 15.5. The lowest BCUT2D eigenvalue weighted by Crippen LogP contribution is -2.36. The molecule has 0 aromatic heterocycles. The average Bonchev–Trinajstić information content (AvgIpc) is 3.17. The predicted octanol–water partition coefficient (Wildman–Crippen LogP) is 0.817. The molecule has 1 aliphatic heterocycles. The Kier molecular flexibility index (Phi) is 4.32. The fraction of sp³-hybridized carbons (Fsp3) is 0.471. The molecule has 1 fully saturated rings. The summed E-state index contributed by atoms with van der Waals surface area (Å²) < 4.78 is 4.49. The van der Waals surface area contributed by atoms with Gasteiger partial charge in [0.2, 0.25) is 11.8 Å². The molecule has 2 aliphatic rings. The van der Waals surface area contributed by atoms with Gasteiger partial charge in [-0.2, -0.15) is 0 Å². The highest BCUT2D eigenvalue weighted by molar-refractivity contribution is 6.00. The van der Waals surface area contributed by atoms with Crippen LogP contribution in [0, 0.1) is 5.92 Å². The molecule has 1 atom stereocenters. The van der Waals surface area contributed by atoms with E-state index in [2.05, 4.69) is 22.2 Å². The minimum Gasteiger partial charge on any atom is -0.468 e. The van der Waals surface area contributed by atoms with Crippen LogP contribution in [-0.4, -0.2) is 38.0 Å². The number of benzene rings is 1. The Balaban J connectivity index is 1.65. The van der Waals surface area contributed by atoms with Crippen molar-refractivity contribution in [2.75, 3.05) is 25.1 Å². The largest absolute Gasteiger partial charge is 0.468 e. The number of carbonyl (C=O) groups is 3. The molecule has 0 radical (unpaired) electrons. The highest BCUT2D eigenvalue weighted by Crippen LogP contribution is 2.30. The number of ether oxygens (including phenoxy) is 1. The monoisotopic (exact) mass is 316 g/mol. The van der Waals surface area contributed by atoms with Crippen molar-refractivity contribution in [1.82, 2.24) is 5.32 Å². The van der Waals surface area contributed by atoms with Crippen LogP contribution in [0.25, 0.3) is 0 Å². The first-order valence-electron chi connectivity index (χ1n) is 7.85. The smallest absolute Gasteiger partial charge is 0.325 e. The Morgan fingerprint density at radius 1 is 1.30 bits per heavy atom. The van der Waals surface area contributed by atoms with E-state index in [4.69, 9.17) is 0 Å². The van der Waals surface area contributed by atoms with Crippen molar-refractivity contribution in [1.29, 1.82) is 0 Å². The summed E-state index contributed by atoms with van der Waals surface area (Å²) in [5.74, 6) is -1.27. The van der Waals surface area contributed by atoms with Gasteiger partial charge < -0.3 is 15.0 Å². The summed E-state index contributed by atoms with van der Waals surface area (Å²) in [5.41, 5.74) is 3.51. The fourth-order valence-electron chi connectivity index (χ4n) is 3.23. The molecular weight excluding hydrogens is 296 g/mol. The van der Waals surface area contributed by atoms with Crippen LogP contribution in [0.4, 0.5) is 5.69 Å². The minimum atomic E-state index is -0.502. The van der Waals surface area contributed by atoms with Gasteiger partial charge in [-0.3, -0.25) is 14.4 Å². The molecule has 1 aromatic rings. The zero-order valence-corrected chi connectivity index (χ0v) is 13.1. The predicted molar refractivity (Wildman–Crippen MR) is 84.0 cm³/mol. The fourth-order valence-corrected chi connectivity index (χ4v) is 3.23. The number of amides is 2. The third-order valence-electron chi connectivity index (χ3n) is 4.52. The van der Waals surface area contributed by atoms with Gasteiger partial charge in [-0.1, -0.05) is 6.07 Å². The molecule has 6 heteroatoms. The summed E-state index contributed by atoms with van der Waals surface area (Å²) in [5, 5.41) is 2.52. The average molecular weight is 316 g/mol. The molecule has 0 unspecified atom stereocenters. The van der Waals surface area contributed by atoms with Crippen LogP contribution in [-0.2, 0) is 32.0 Å². The molecule has 2 amide bonds. The van der Waals surface area contributed by atoms with Crippen molar-refractivity contribution in [2.24, 2.45) is 5.92 Å². The maximum atomic E-state index is 12.2. The number of aryl methyl sites for hydroxylation is 2. The van der Waals surface area contributed by atoms with Crippen LogP contribution in [0.1, 0.15) is 24.0 Å². The number of hydrogen-bond donors (Lipinski definition) is 1. The Morgan fingerprint density at radius 3 is 2.87 bits per heavy atom. The second-order valence-corrected chi connectivity index (χ2v) is 6.01. The second kappa shape index (κ2) is 6.40. The summed E-state index contributed by atoms with van der Waals surface area (Å²) in [6, 6.07) is 6.10. The number of nitrogens with zero attached hydrogens (tertiary/aromatic N) is 1. The van der Waals surface area contributed by atoms with E-state index >= 15 is 0 Å². The van der Waals surface area contributed by atoms with Gasteiger partial charge >= 0.3 is 5.97 Å². The lowest BCUT2D eigenvalue weighted by molar-refractivity contribution is -0.141. The molecule has 0 bridgehead atoms. The third kappa shape index (κ3) is 3.21. The molecule has 6 nitrogen and oxygen atoms in total. The highest BCUT2D eigenvalue weighted by atomic mass is 16.5. The van der Waals surface area contributed by atoms with E-state index in [1.807, 2.05) is 6.07 Å². The van der Waals surface area contributed by atoms with Crippen molar-refractivity contribution in [3.8, 4) is 0 Å². The van der Waals surface area contributed by atoms with E-state index in [1.165, 1.54) is 18.2 Å². The van der Waals surface area contributed by atoms with Gasteiger partial charge in [-0.05, 0) is 42.5 Å². The van der Waals surface area contributed by atoms with Crippen molar-refractivity contribution in [3.63, 3.8) is 0 Å². The van der Waals surface area contributed by atoms with Crippen LogP contribution in [0.3, 0.4) is 0 Å². The van der Waals surface area contributed by atoms with Gasteiger partial charge in [0.05, 0.1) is 13.0 Å². The molecule has 0 saturated carbocycles. The lowest BCUT2D eigenvalue weighted by atomic mass is 10.1. The van der Waals surface area contributed by atoms with Crippen molar-refractivity contribution in [3.05, 3.63) is 29.3 Å². The number of methoxy groups -OCH3 is 1. The van der Waals surface area contributed by atoms with Crippen LogP contribution < -0.4 is 10.2 Å². The molecule has 23 heavy (non-hydrogen) atoms. The number of fused-ring (bicyclic) bond motifs is 1. The Labute approximate surface area is 134 Å². The number of carbonyl (C=O) groups excluding carboxylic acids is 3. The quantitative estimate of drug-likeness (QED) is 0.834. The standard InChI is InChI=1S/C17H20N2O4/c1-23-16(21)9-18-17(22)13-8-15(20)19(10-13)14-6-5-11-3-2-4-12(11)7-14/h5-7,13H,2-4,8-10H2,1H3,(H,18,22)/t13-/m0/s1. The highest BCUT2D eigenvalue weighted by Gasteiger charge is 2.35. The number of rotatable bonds is 4. The summed E-state index contributed by atoms with van der Waals surface area (Å²) in [6.45, 7) is 0.184. The molecular formula is C17H20N2O4. The number of anilines is 1. The lowest BCUT2D eigenvalue weighted by Gasteiger charge is -2.18. The third-order valence-corrected chi connectivity index (χ3v) is 4.52. The van der Waals surface area contributed by atoms with E-state index in [-0.39, 0.29) is 24.8 Å². The van der Waals surface area contributed by atoms with Gasteiger partial charge in [-0.25, -0.2) is 0 Å². The molecule has 1 aliphatic carbocycles. The first-order valence-corrected chi connectivity index (χ1v) is 7.85. The van der Waals surface area contributed by atoms with E-state index < -0.39 is 11.9 Å². The Hall–Kier alpha value is -2.37. The van der Waals surface area contributed by atoms with Gasteiger partial charge in [0.25, 0.3) is 0 Å². The van der Waals surface area contributed by atoms with Crippen LogP contribution in [0.15, 0.2) is 18.2 Å². The zero-order chi connectivity index (χ0) is 16.4. The number of hydrogen-bond acceptors (Lipinski definition) is 4. The molecule has 1 aromatic carbocycles. The van der Waals surface area contributed by atoms with E-state index in [1.54, 1.807) is 4.90 Å². The first-order chi connectivity index (χ1) is 11.1. The van der Waals surface area contributed by atoms with Crippen molar-refractivity contribution in [2.45, 2.75) is 25.7 Å². The summed E-state index contributed by atoms with van der Waals surface area (Å²) in [7, 11) is 1.27. The number of nitrogens with one attached hydrogen (secondary N) is 1. The summed E-state index contributed by atoms with van der Waals surface area (Å²) in [4.78, 5) is 37.1. The van der Waals surface area contributed by atoms with Crippen LogP contribution in [0.2, 0.25) is 0 Å². The zero-order valence-electron chi connectivity index (χ0n) is 13.1. The van der Waals surface area contributed by atoms with E-state index in [0.717, 1.165) is 24.9 Å². The van der Waals surface area contributed by atoms with Crippen LogP contribution >= 0.6 is 0 Å². The molecule has 122 valence electrons. The molecule has 0 spiro atoms. The SMILES string of the molecule is COC(=O)CNC(=O)[C@H]1CC(=O)N(c2ccc3c(c2)CCC3)C1. The minimum absolute atomic E-state index is 0.0545. The van der Waals surface area contributed by atoms with Crippen molar-refractivity contribution < 1.29 is 19.1 Å². The van der Waals surface area contributed by atoms with Crippen LogP contribution in [0.5, 0.6) is 0 Å². The molecule has 1 saturated heterocycles. The number of esters is 1. The van der Waals surface area contributed by atoms with Gasteiger partial charge in [-0.15, -0.1) is 0 Å². The van der Waals surface area contributed by atoms with Gasteiger partial charge in [0.1, 0.15) is 6.54 Å². The molecule has 1 N–H and O–H groups in total.